The van der Waals surface area contributed by atoms with Crippen LogP contribution in [0.15, 0.2) is 35.3 Å². The third-order valence-electron chi connectivity index (χ3n) is 7.07. The minimum Gasteiger partial charge on any atom is -0.463 e. The summed E-state index contributed by atoms with van der Waals surface area (Å²) in [5.74, 6) is -0.138. The highest BCUT2D eigenvalue weighted by Crippen LogP contribution is 2.28. The van der Waals surface area contributed by atoms with Gasteiger partial charge in [0.15, 0.2) is 0 Å². The van der Waals surface area contributed by atoms with Crippen molar-refractivity contribution in [2.45, 2.75) is 84.7 Å². The zero-order valence-electron chi connectivity index (χ0n) is 22.6. The molecule has 3 aromatic rings. The number of esters is 1. The number of hydrogen-bond acceptors (Lipinski definition) is 6. The molecule has 0 saturated carbocycles. The van der Waals surface area contributed by atoms with Gasteiger partial charge in [-0.2, -0.15) is 0 Å². The van der Waals surface area contributed by atoms with E-state index in [1.54, 1.807) is 18.5 Å². The van der Waals surface area contributed by atoms with Crippen LogP contribution in [-0.2, 0) is 34.3 Å². The molecule has 1 aromatic carbocycles. The second-order valence-corrected chi connectivity index (χ2v) is 10.6. The number of aliphatic hydroxyl groups excluding tert-OH is 1. The topological polar surface area (TPSA) is 95.6 Å². The molecule has 200 valence electrons. The normalized spacial score (nSPS) is 17.8. The number of carbonyl (C=O) groups excluding carboxylic acids is 1. The van der Waals surface area contributed by atoms with Crippen molar-refractivity contribution in [2.75, 3.05) is 6.61 Å². The highest BCUT2D eigenvalue weighted by molar-refractivity contribution is 5.81. The Hall–Kier alpha value is -2.97. The summed E-state index contributed by atoms with van der Waals surface area (Å²) in [6.07, 6.45) is 5.31. The van der Waals surface area contributed by atoms with Crippen LogP contribution in [0, 0.1) is 12.8 Å². The zero-order valence-corrected chi connectivity index (χ0v) is 22.6. The summed E-state index contributed by atoms with van der Waals surface area (Å²) in [5, 5.41) is 10.2. The minimum atomic E-state index is -0.788. The fourth-order valence-corrected chi connectivity index (χ4v) is 5.09. The van der Waals surface area contributed by atoms with Gasteiger partial charge in [-0.25, -0.2) is 4.98 Å². The standard InChI is InChI=1S/C29H39N3O5/c1-18(2)37-29(35)24(20(4)33)11-9-21-10-12-26-25(15-21)30-27(22-14-19(3)28(34)31(5)16-22)32(26)17-23-8-6-7-13-36-23/h10,12,14-16,18,20,23-24,33H,6-9,11,13,17H2,1-5H3/t20-,23?,24+/m1/s1. The van der Waals surface area contributed by atoms with Crippen molar-refractivity contribution in [1.29, 1.82) is 0 Å². The number of pyridine rings is 1. The first-order valence-corrected chi connectivity index (χ1v) is 13.3. The second-order valence-electron chi connectivity index (χ2n) is 10.6. The van der Waals surface area contributed by atoms with Crippen LogP contribution in [-0.4, -0.2) is 50.1 Å². The molecule has 1 aliphatic heterocycles. The lowest BCUT2D eigenvalue weighted by Crippen LogP contribution is -2.30. The smallest absolute Gasteiger partial charge is 0.311 e. The molecule has 8 nitrogen and oxygen atoms in total. The van der Waals surface area contributed by atoms with Gasteiger partial charge in [0.1, 0.15) is 5.82 Å². The fourth-order valence-electron chi connectivity index (χ4n) is 5.09. The van der Waals surface area contributed by atoms with E-state index in [1.165, 1.54) is 0 Å². The van der Waals surface area contributed by atoms with Crippen LogP contribution in [0.4, 0.5) is 0 Å². The molecule has 1 saturated heterocycles. The Balaban J connectivity index is 1.67. The number of carbonyl (C=O) groups is 1. The van der Waals surface area contributed by atoms with Gasteiger partial charge < -0.3 is 23.7 Å². The Labute approximate surface area is 218 Å². The van der Waals surface area contributed by atoms with Gasteiger partial charge in [0, 0.05) is 31.0 Å². The molecule has 2 aromatic heterocycles. The average Bonchev–Trinajstić information content (AvgIpc) is 3.19. The fraction of sp³-hybridized carbons (Fsp3) is 0.552. The number of aryl methyl sites for hydroxylation is 3. The quantitative estimate of drug-likeness (QED) is 0.435. The molecule has 4 rings (SSSR count). The molecular weight excluding hydrogens is 470 g/mol. The molecule has 1 fully saturated rings. The van der Waals surface area contributed by atoms with Crippen LogP contribution in [0.25, 0.3) is 22.4 Å². The minimum absolute atomic E-state index is 0.0204. The summed E-state index contributed by atoms with van der Waals surface area (Å²) in [6, 6.07) is 8.09. The maximum absolute atomic E-state index is 12.5. The van der Waals surface area contributed by atoms with Gasteiger partial charge in [-0.05, 0) is 83.6 Å². The maximum atomic E-state index is 12.5. The van der Waals surface area contributed by atoms with Gasteiger partial charge in [0.2, 0.25) is 0 Å². The molecule has 3 heterocycles. The highest BCUT2D eigenvalue weighted by Gasteiger charge is 2.26. The first-order chi connectivity index (χ1) is 17.6. The number of ether oxygens (including phenoxy) is 2. The van der Waals surface area contributed by atoms with Crippen LogP contribution < -0.4 is 5.56 Å². The number of fused-ring (bicyclic) bond motifs is 1. The summed E-state index contributed by atoms with van der Waals surface area (Å²) >= 11 is 0. The molecule has 1 N–H and O–H groups in total. The Bertz CT molecular complexity index is 1270. The third kappa shape index (κ3) is 6.30. The number of nitrogens with zero attached hydrogens (tertiary/aromatic N) is 3. The summed E-state index contributed by atoms with van der Waals surface area (Å²) in [7, 11) is 1.76. The lowest BCUT2D eigenvalue weighted by Gasteiger charge is -2.24. The molecule has 1 aliphatic rings. The van der Waals surface area contributed by atoms with Gasteiger partial charge in [-0.15, -0.1) is 0 Å². The van der Waals surface area contributed by atoms with Crippen molar-refractivity contribution in [3.05, 3.63) is 51.9 Å². The average molecular weight is 510 g/mol. The van der Waals surface area contributed by atoms with Crippen molar-refractivity contribution < 1.29 is 19.4 Å². The van der Waals surface area contributed by atoms with Crippen LogP contribution in [0.2, 0.25) is 0 Å². The van der Waals surface area contributed by atoms with Gasteiger partial charge in [0.25, 0.3) is 5.56 Å². The largest absolute Gasteiger partial charge is 0.463 e. The van der Waals surface area contributed by atoms with Crippen molar-refractivity contribution in [3.63, 3.8) is 0 Å². The Morgan fingerprint density at radius 1 is 1.24 bits per heavy atom. The van der Waals surface area contributed by atoms with E-state index < -0.39 is 12.0 Å². The van der Waals surface area contributed by atoms with E-state index in [0.29, 0.717) is 24.9 Å². The lowest BCUT2D eigenvalue weighted by molar-refractivity contribution is -0.156. The van der Waals surface area contributed by atoms with Crippen LogP contribution >= 0.6 is 0 Å². The molecule has 3 atom stereocenters. The zero-order chi connectivity index (χ0) is 26.7. The number of rotatable bonds is 9. The Morgan fingerprint density at radius 2 is 2.03 bits per heavy atom. The van der Waals surface area contributed by atoms with Gasteiger partial charge in [0.05, 0.1) is 41.8 Å². The van der Waals surface area contributed by atoms with E-state index in [1.807, 2.05) is 33.0 Å². The second kappa shape index (κ2) is 11.6. The van der Waals surface area contributed by atoms with Crippen molar-refractivity contribution in [3.8, 4) is 11.4 Å². The monoisotopic (exact) mass is 509 g/mol. The number of imidazole rings is 1. The van der Waals surface area contributed by atoms with Gasteiger partial charge in [-0.1, -0.05) is 6.07 Å². The van der Waals surface area contributed by atoms with E-state index in [-0.39, 0.29) is 23.7 Å². The van der Waals surface area contributed by atoms with E-state index in [0.717, 1.165) is 53.9 Å². The molecule has 8 heteroatoms. The Morgan fingerprint density at radius 3 is 2.68 bits per heavy atom. The van der Waals surface area contributed by atoms with E-state index >= 15 is 0 Å². The third-order valence-corrected chi connectivity index (χ3v) is 7.07. The van der Waals surface area contributed by atoms with Crippen molar-refractivity contribution in [2.24, 2.45) is 13.0 Å². The first-order valence-electron chi connectivity index (χ1n) is 13.3. The maximum Gasteiger partial charge on any atom is 0.311 e. The molecule has 0 bridgehead atoms. The van der Waals surface area contributed by atoms with Gasteiger partial charge in [-0.3, -0.25) is 9.59 Å². The Kier molecular flexibility index (Phi) is 8.49. The van der Waals surface area contributed by atoms with Crippen LogP contribution in [0.3, 0.4) is 0 Å². The molecule has 0 amide bonds. The number of aliphatic hydroxyl groups is 1. The molecule has 0 radical (unpaired) electrons. The van der Waals surface area contributed by atoms with E-state index in [9.17, 15) is 14.7 Å². The SMILES string of the molecule is Cc1cc(-c2nc3cc(CC[C@H](C(=O)OC(C)C)[C@@H](C)O)ccc3n2CC2CCCCO2)cn(C)c1=O. The number of hydrogen-bond donors (Lipinski definition) is 1. The van der Waals surface area contributed by atoms with Gasteiger partial charge >= 0.3 is 5.97 Å². The van der Waals surface area contributed by atoms with E-state index in [2.05, 4.69) is 22.8 Å². The van der Waals surface area contributed by atoms with E-state index in [4.69, 9.17) is 14.5 Å². The van der Waals surface area contributed by atoms with Crippen LogP contribution in [0.5, 0.6) is 0 Å². The summed E-state index contributed by atoms with van der Waals surface area (Å²) in [6.45, 7) is 8.54. The summed E-state index contributed by atoms with van der Waals surface area (Å²) in [5.41, 5.74) is 4.44. The number of benzene rings is 1. The van der Waals surface area contributed by atoms with Crippen molar-refractivity contribution in [1.82, 2.24) is 14.1 Å². The molecule has 0 spiro atoms. The highest BCUT2D eigenvalue weighted by atomic mass is 16.5. The van der Waals surface area contributed by atoms with Crippen molar-refractivity contribution >= 4 is 17.0 Å². The molecular formula is C29H39N3O5. The first kappa shape index (κ1) is 27.1. The predicted octanol–water partition coefficient (Wildman–Crippen LogP) is 4.16. The molecule has 1 unspecified atom stereocenters. The number of aromatic nitrogens is 3. The lowest BCUT2D eigenvalue weighted by atomic mass is 9.95. The molecule has 37 heavy (non-hydrogen) atoms. The van der Waals surface area contributed by atoms with Crippen LogP contribution in [0.1, 0.15) is 57.6 Å². The predicted molar refractivity (Wildman–Crippen MR) is 143 cm³/mol. The summed E-state index contributed by atoms with van der Waals surface area (Å²) < 4.78 is 15.2. The summed E-state index contributed by atoms with van der Waals surface area (Å²) in [4.78, 5) is 29.8. The molecule has 0 aliphatic carbocycles.